The molecular formula is C19H22N4O2. The molecule has 1 aromatic carbocycles. The number of aromatic nitrogens is 2. The fourth-order valence-electron chi connectivity index (χ4n) is 2.90. The maximum Gasteiger partial charge on any atom is 0.261 e. The highest BCUT2D eigenvalue weighted by Gasteiger charge is 2.36. The highest BCUT2D eigenvalue weighted by molar-refractivity contribution is 6.32. The number of amides is 1. The average Bonchev–Trinajstić information content (AvgIpc) is 2.85. The summed E-state index contributed by atoms with van der Waals surface area (Å²) in [6.07, 6.45) is 1.83. The van der Waals surface area contributed by atoms with Crippen LogP contribution < -0.4 is 4.90 Å². The van der Waals surface area contributed by atoms with Crippen molar-refractivity contribution in [2.24, 2.45) is 0 Å². The lowest BCUT2D eigenvalue weighted by Gasteiger charge is -2.16. The van der Waals surface area contributed by atoms with Crippen LogP contribution in [0.2, 0.25) is 0 Å². The van der Waals surface area contributed by atoms with Gasteiger partial charge >= 0.3 is 0 Å². The number of nitrogens with zero attached hydrogens (tertiary/aromatic N) is 4. The van der Waals surface area contributed by atoms with Crippen LogP contribution in [0.25, 0.3) is 17.0 Å². The lowest BCUT2D eigenvalue weighted by atomic mass is 10.1. The van der Waals surface area contributed by atoms with Crippen molar-refractivity contribution in [3.63, 3.8) is 0 Å². The van der Waals surface area contributed by atoms with Crippen LogP contribution >= 0.6 is 0 Å². The second-order valence-electron chi connectivity index (χ2n) is 6.15. The molecule has 0 N–H and O–H groups in total. The molecule has 2 aromatic rings. The van der Waals surface area contributed by atoms with Crippen molar-refractivity contribution >= 4 is 17.3 Å². The molecule has 2 heterocycles. The summed E-state index contributed by atoms with van der Waals surface area (Å²) in [5.74, 6) is 1.21. The molecule has 25 heavy (non-hydrogen) atoms. The molecule has 0 saturated heterocycles. The van der Waals surface area contributed by atoms with E-state index in [0.717, 1.165) is 16.8 Å². The first-order chi connectivity index (χ1) is 12.0. The molecule has 1 aliphatic rings. The molecule has 0 fully saturated rings. The summed E-state index contributed by atoms with van der Waals surface area (Å²) in [5, 5.41) is 0. The monoisotopic (exact) mass is 338 g/mol. The molecule has 0 unspecified atom stereocenters. The Balaban J connectivity index is 2.15. The summed E-state index contributed by atoms with van der Waals surface area (Å²) in [4.78, 5) is 25.8. The van der Waals surface area contributed by atoms with Crippen molar-refractivity contribution in [2.75, 3.05) is 39.3 Å². The Kier molecular flexibility index (Phi) is 4.81. The molecule has 1 aromatic heterocycles. The number of anilines is 1. The predicted octanol–water partition coefficient (Wildman–Crippen LogP) is 2.35. The van der Waals surface area contributed by atoms with Gasteiger partial charge in [-0.15, -0.1) is 0 Å². The molecule has 1 aliphatic heterocycles. The highest BCUT2D eigenvalue weighted by atomic mass is 16.5. The second kappa shape index (κ2) is 7.03. The molecule has 1 amide bonds. The Hall–Kier alpha value is -2.73. The van der Waals surface area contributed by atoms with Crippen LogP contribution in [0.5, 0.6) is 0 Å². The third-order valence-electron chi connectivity index (χ3n) is 4.01. The van der Waals surface area contributed by atoms with Gasteiger partial charge in [-0.3, -0.25) is 9.69 Å². The normalized spacial score (nSPS) is 15.0. The molecule has 130 valence electrons. The number of ether oxygens (including phenoxy) is 1. The van der Waals surface area contributed by atoms with Crippen molar-refractivity contribution in [2.45, 2.75) is 6.92 Å². The summed E-state index contributed by atoms with van der Waals surface area (Å²) in [5.41, 5.74) is 3.14. The first kappa shape index (κ1) is 17.1. The third kappa shape index (κ3) is 3.25. The molecule has 0 bridgehead atoms. The van der Waals surface area contributed by atoms with Gasteiger partial charge in [0.15, 0.2) is 5.82 Å². The lowest BCUT2D eigenvalue weighted by molar-refractivity contribution is -0.113. The first-order valence-corrected chi connectivity index (χ1v) is 8.16. The number of hydrogen-bond acceptors (Lipinski definition) is 5. The summed E-state index contributed by atoms with van der Waals surface area (Å²) < 4.78 is 5.16. The van der Waals surface area contributed by atoms with E-state index in [1.807, 2.05) is 62.5 Å². The van der Waals surface area contributed by atoms with Gasteiger partial charge in [-0.05, 0) is 6.92 Å². The van der Waals surface area contributed by atoms with Gasteiger partial charge in [0.2, 0.25) is 0 Å². The molecule has 0 radical (unpaired) electrons. The van der Waals surface area contributed by atoms with Crippen LogP contribution in [0.3, 0.4) is 0 Å². The van der Waals surface area contributed by atoms with E-state index in [1.54, 1.807) is 12.0 Å². The molecule has 0 spiro atoms. The van der Waals surface area contributed by atoms with Gasteiger partial charge in [-0.25, -0.2) is 9.97 Å². The van der Waals surface area contributed by atoms with Gasteiger partial charge in [-0.2, -0.15) is 0 Å². The van der Waals surface area contributed by atoms with Crippen LogP contribution in [0.1, 0.15) is 11.3 Å². The number of hydrogen-bond donors (Lipinski definition) is 0. The Morgan fingerprint density at radius 1 is 1.20 bits per heavy atom. The van der Waals surface area contributed by atoms with Crippen molar-refractivity contribution in [1.82, 2.24) is 14.9 Å². The van der Waals surface area contributed by atoms with Crippen LogP contribution in [0.15, 0.2) is 36.5 Å². The van der Waals surface area contributed by atoms with E-state index in [4.69, 9.17) is 9.72 Å². The maximum absolute atomic E-state index is 12.9. The summed E-state index contributed by atoms with van der Waals surface area (Å²) in [6, 6.07) is 9.79. The number of carbonyl (C=O) groups excluding carboxylic acids is 1. The fourth-order valence-corrected chi connectivity index (χ4v) is 2.90. The molecule has 0 atom stereocenters. The highest BCUT2D eigenvalue weighted by Crippen LogP contribution is 2.38. The van der Waals surface area contributed by atoms with Gasteiger partial charge in [0.05, 0.1) is 30.0 Å². The van der Waals surface area contributed by atoms with E-state index in [9.17, 15) is 4.79 Å². The Morgan fingerprint density at radius 3 is 2.56 bits per heavy atom. The summed E-state index contributed by atoms with van der Waals surface area (Å²) in [6.45, 7) is 2.82. The number of benzene rings is 1. The smallest absolute Gasteiger partial charge is 0.261 e. The van der Waals surface area contributed by atoms with E-state index in [2.05, 4.69) is 4.98 Å². The number of methoxy groups -OCH3 is 1. The van der Waals surface area contributed by atoms with Crippen molar-refractivity contribution < 1.29 is 9.53 Å². The van der Waals surface area contributed by atoms with E-state index in [0.29, 0.717) is 30.4 Å². The maximum atomic E-state index is 12.9. The van der Waals surface area contributed by atoms with Gasteiger partial charge in [0.25, 0.3) is 5.91 Å². The van der Waals surface area contributed by atoms with Crippen molar-refractivity contribution in [1.29, 1.82) is 0 Å². The number of fused-ring (bicyclic) bond motifs is 1. The third-order valence-corrected chi connectivity index (χ3v) is 4.01. The quantitative estimate of drug-likeness (QED) is 0.783. The minimum atomic E-state index is -0.0663. The summed E-state index contributed by atoms with van der Waals surface area (Å²) in [7, 11) is 5.41. The van der Waals surface area contributed by atoms with Gasteiger partial charge < -0.3 is 9.64 Å². The molecule has 6 heteroatoms. The fraction of sp³-hybridized carbons (Fsp3) is 0.316. The van der Waals surface area contributed by atoms with Crippen molar-refractivity contribution in [3.05, 3.63) is 47.8 Å². The van der Waals surface area contributed by atoms with Crippen LogP contribution in [0.4, 0.5) is 5.82 Å². The SMILES string of the molecule is COCCN1C(=O)/C(=C\N(C)C)c2c(C)nc(-c3ccccc3)nc21. The topological polar surface area (TPSA) is 58.6 Å². The molecule has 3 rings (SSSR count). The van der Waals surface area contributed by atoms with Crippen LogP contribution in [-0.4, -0.2) is 55.1 Å². The Bertz CT molecular complexity index is 816. The van der Waals surface area contributed by atoms with E-state index in [1.165, 1.54) is 0 Å². The minimum Gasteiger partial charge on any atom is -0.383 e. The van der Waals surface area contributed by atoms with Gasteiger partial charge in [0, 0.05) is 33.0 Å². The number of rotatable bonds is 5. The largest absolute Gasteiger partial charge is 0.383 e. The van der Waals surface area contributed by atoms with E-state index < -0.39 is 0 Å². The Labute approximate surface area is 147 Å². The minimum absolute atomic E-state index is 0.0663. The predicted molar refractivity (Wildman–Crippen MR) is 98.1 cm³/mol. The zero-order valence-electron chi connectivity index (χ0n) is 15.0. The van der Waals surface area contributed by atoms with Gasteiger partial charge in [0.1, 0.15) is 5.82 Å². The van der Waals surface area contributed by atoms with Crippen molar-refractivity contribution in [3.8, 4) is 11.4 Å². The average molecular weight is 338 g/mol. The zero-order valence-corrected chi connectivity index (χ0v) is 15.0. The molecular weight excluding hydrogens is 316 g/mol. The molecule has 0 saturated carbocycles. The summed E-state index contributed by atoms with van der Waals surface area (Å²) >= 11 is 0. The first-order valence-electron chi connectivity index (χ1n) is 8.16. The van der Waals surface area contributed by atoms with E-state index >= 15 is 0 Å². The lowest BCUT2D eigenvalue weighted by Crippen LogP contribution is -2.30. The zero-order chi connectivity index (χ0) is 18.0. The Morgan fingerprint density at radius 2 is 1.92 bits per heavy atom. The number of aryl methyl sites for hydroxylation is 1. The van der Waals surface area contributed by atoms with E-state index in [-0.39, 0.29) is 5.91 Å². The molecule has 6 nitrogen and oxygen atoms in total. The van der Waals surface area contributed by atoms with Crippen LogP contribution in [0, 0.1) is 6.92 Å². The molecule has 0 aliphatic carbocycles. The van der Waals surface area contributed by atoms with Crippen LogP contribution in [-0.2, 0) is 9.53 Å². The second-order valence-corrected chi connectivity index (χ2v) is 6.15. The number of carbonyl (C=O) groups is 1. The van der Waals surface area contributed by atoms with Gasteiger partial charge in [-0.1, -0.05) is 30.3 Å². The standard InChI is InChI=1S/C19H22N4O2/c1-13-16-15(12-22(2)3)19(24)23(10-11-25-4)18(16)21-17(20-13)14-8-6-5-7-9-14/h5-9,12H,10-11H2,1-4H3/b15-12-.